The van der Waals surface area contributed by atoms with Gasteiger partial charge in [-0.25, -0.2) is 0 Å². The molecule has 0 aromatic carbocycles. The van der Waals surface area contributed by atoms with Gasteiger partial charge < -0.3 is 10.3 Å². The molecule has 2 aromatic rings. The van der Waals surface area contributed by atoms with Gasteiger partial charge in [0.25, 0.3) is 5.89 Å². The predicted octanol–water partition coefficient (Wildman–Crippen LogP) is 3.68. The summed E-state index contributed by atoms with van der Waals surface area (Å²) in [6.07, 6.45) is 5.42. The van der Waals surface area contributed by atoms with Gasteiger partial charge in [0, 0.05) is 4.47 Å². The van der Waals surface area contributed by atoms with E-state index in [2.05, 4.69) is 26.1 Å². The van der Waals surface area contributed by atoms with Crippen molar-refractivity contribution >= 4 is 27.3 Å². The molecule has 0 amide bonds. The van der Waals surface area contributed by atoms with Crippen molar-refractivity contribution in [1.29, 1.82) is 0 Å². The number of hydrogen-bond donors (Lipinski definition) is 1. The quantitative estimate of drug-likeness (QED) is 0.913. The molecule has 1 saturated carbocycles. The van der Waals surface area contributed by atoms with Gasteiger partial charge in [0.2, 0.25) is 0 Å². The van der Waals surface area contributed by atoms with Crippen molar-refractivity contribution < 1.29 is 4.52 Å². The summed E-state index contributed by atoms with van der Waals surface area (Å²) in [6, 6.07) is 1.97. The van der Waals surface area contributed by atoms with E-state index in [0.29, 0.717) is 11.7 Å². The minimum absolute atomic E-state index is 0.399. The fourth-order valence-corrected chi connectivity index (χ4v) is 3.83. The van der Waals surface area contributed by atoms with E-state index in [1.165, 1.54) is 6.42 Å². The average molecular weight is 328 g/mol. The molecule has 0 radical (unpaired) electrons. The first kappa shape index (κ1) is 12.3. The normalized spacial score (nSPS) is 19.0. The predicted molar refractivity (Wildman–Crippen MR) is 74.3 cm³/mol. The first-order valence-electron chi connectivity index (χ1n) is 6.05. The molecule has 2 heterocycles. The number of nitrogens with two attached hydrogens (primary N) is 1. The van der Waals surface area contributed by atoms with Crippen molar-refractivity contribution in [2.24, 2.45) is 5.73 Å². The Balaban J connectivity index is 1.92. The van der Waals surface area contributed by atoms with Gasteiger partial charge in [-0.3, -0.25) is 0 Å². The molecule has 2 N–H and O–H groups in total. The number of hydrogen-bond acceptors (Lipinski definition) is 5. The standard InChI is InChI=1S/C12H14BrN3OS/c13-8-4-7-18-9(8)10-15-11(16-17-10)12(14)5-2-1-3-6-12/h4,7H,1-3,5-6,14H2. The molecule has 0 atom stereocenters. The van der Waals surface area contributed by atoms with Gasteiger partial charge in [-0.2, -0.15) is 4.98 Å². The van der Waals surface area contributed by atoms with Crippen LogP contribution in [0.1, 0.15) is 37.9 Å². The number of rotatable bonds is 2. The van der Waals surface area contributed by atoms with Crippen LogP contribution < -0.4 is 5.73 Å². The Morgan fingerprint density at radius 3 is 2.78 bits per heavy atom. The van der Waals surface area contributed by atoms with E-state index in [4.69, 9.17) is 10.3 Å². The van der Waals surface area contributed by atoms with E-state index >= 15 is 0 Å². The highest BCUT2D eigenvalue weighted by molar-refractivity contribution is 9.10. The molecule has 96 valence electrons. The van der Waals surface area contributed by atoms with Crippen molar-refractivity contribution in [2.75, 3.05) is 0 Å². The minimum Gasteiger partial charge on any atom is -0.333 e. The summed E-state index contributed by atoms with van der Waals surface area (Å²) in [5, 5.41) is 6.07. The van der Waals surface area contributed by atoms with Gasteiger partial charge in [-0.15, -0.1) is 11.3 Å². The van der Waals surface area contributed by atoms with E-state index in [0.717, 1.165) is 35.0 Å². The number of aromatic nitrogens is 2. The van der Waals surface area contributed by atoms with Crippen LogP contribution in [0.2, 0.25) is 0 Å². The lowest BCUT2D eigenvalue weighted by Gasteiger charge is -2.29. The molecule has 1 aliphatic rings. The first-order valence-corrected chi connectivity index (χ1v) is 7.73. The van der Waals surface area contributed by atoms with E-state index in [1.807, 2.05) is 11.4 Å². The third kappa shape index (κ3) is 2.13. The molecular weight excluding hydrogens is 314 g/mol. The molecule has 0 spiro atoms. The van der Waals surface area contributed by atoms with Crippen molar-refractivity contribution in [3.63, 3.8) is 0 Å². The maximum absolute atomic E-state index is 6.39. The summed E-state index contributed by atoms with van der Waals surface area (Å²) < 4.78 is 6.33. The molecule has 0 bridgehead atoms. The topological polar surface area (TPSA) is 64.9 Å². The summed E-state index contributed by atoms with van der Waals surface area (Å²) >= 11 is 5.05. The summed E-state index contributed by atoms with van der Waals surface area (Å²) in [5.41, 5.74) is 5.99. The van der Waals surface area contributed by atoms with Crippen LogP contribution in [-0.2, 0) is 5.54 Å². The lowest BCUT2D eigenvalue weighted by molar-refractivity contribution is 0.275. The Bertz CT molecular complexity index is 545. The van der Waals surface area contributed by atoms with Gasteiger partial charge in [-0.05, 0) is 40.2 Å². The van der Waals surface area contributed by atoms with Crippen molar-refractivity contribution in [3.8, 4) is 10.8 Å². The maximum Gasteiger partial charge on any atom is 0.269 e. The molecule has 6 heteroatoms. The van der Waals surface area contributed by atoms with Crippen LogP contribution in [0.4, 0.5) is 0 Å². The number of thiophene rings is 1. The van der Waals surface area contributed by atoms with Crippen LogP contribution in [-0.4, -0.2) is 10.1 Å². The Hall–Kier alpha value is -0.720. The molecule has 1 fully saturated rings. The molecule has 1 aliphatic carbocycles. The van der Waals surface area contributed by atoms with Crippen LogP contribution in [0.15, 0.2) is 20.4 Å². The van der Waals surface area contributed by atoms with Crippen LogP contribution in [0.5, 0.6) is 0 Å². The molecule has 3 rings (SSSR count). The van der Waals surface area contributed by atoms with E-state index < -0.39 is 5.54 Å². The number of halogens is 1. The third-order valence-corrected chi connectivity index (χ3v) is 5.25. The lowest BCUT2D eigenvalue weighted by atomic mass is 9.82. The Morgan fingerprint density at radius 1 is 1.33 bits per heavy atom. The fourth-order valence-electron chi connectivity index (χ4n) is 2.37. The number of nitrogens with zero attached hydrogens (tertiary/aromatic N) is 2. The van der Waals surface area contributed by atoms with Crippen LogP contribution in [0, 0.1) is 0 Å². The highest BCUT2D eigenvalue weighted by atomic mass is 79.9. The molecule has 0 saturated heterocycles. The molecule has 2 aromatic heterocycles. The molecule has 0 aliphatic heterocycles. The molecular formula is C12H14BrN3OS. The van der Waals surface area contributed by atoms with Gasteiger partial charge in [0.1, 0.15) is 4.88 Å². The van der Waals surface area contributed by atoms with Crippen LogP contribution in [0.3, 0.4) is 0 Å². The minimum atomic E-state index is -0.399. The Morgan fingerprint density at radius 2 is 2.11 bits per heavy atom. The average Bonchev–Trinajstić information content (AvgIpc) is 2.98. The molecule has 0 unspecified atom stereocenters. The van der Waals surface area contributed by atoms with Crippen molar-refractivity contribution in [2.45, 2.75) is 37.6 Å². The second kappa shape index (κ2) is 4.75. The highest BCUT2D eigenvalue weighted by Gasteiger charge is 2.34. The van der Waals surface area contributed by atoms with Gasteiger partial charge in [0.05, 0.1) is 5.54 Å². The zero-order chi connectivity index (χ0) is 12.6. The van der Waals surface area contributed by atoms with Gasteiger partial charge >= 0.3 is 0 Å². The van der Waals surface area contributed by atoms with E-state index in [9.17, 15) is 0 Å². The Kier molecular flexibility index (Phi) is 3.25. The largest absolute Gasteiger partial charge is 0.333 e. The SMILES string of the molecule is NC1(c2noc(-c3sccc3Br)n2)CCCCC1. The zero-order valence-corrected chi connectivity index (χ0v) is 12.3. The highest BCUT2D eigenvalue weighted by Crippen LogP contribution is 2.36. The van der Waals surface area contributed by atoms with Crippen molar-refractivity contribution in [1.82, 2.24) is 10.1 Å². The van der Waals surface area contributed by atoms with Gasteiger partial charge in [-0.1, -0.05) is 24.4 Å². The lowest BCUT2D eigenvalue weighted by Crippen LogP contribution is -2.39. The fraction of sp³-hybridized carbons (Fsp3) is 0.500. The summed E-state index contributed by atoms with van der Waals surface area (Å²) in [4.78, 5) is 5.45. The second-order valence-electron chi connectivity index (χ2n) is 4.74. The monoisotopic (exact) mass is 327 g/mol. The first-order chi connectivity index (χ1) is 8.69. The van der Waals surface area contributed by atoms with Gasteiger partial charge in [0.15, 0.2) is 5.82 Å². The molecule has 18 heavy (non-hydrogen) atoms. The molecule has 4 nitrogen and oxygen atoms in total. The van der Waals surface area contributed by atoms with Crippen LogP contribution >= 0.6 is 27.3 Å². The summed E-state index contributed by atoms with van der Waals surface area (Å²) in [7, 11) is 0. The van der Waals surface area contributed by atoms with E-state index in [1.54, 1.807) is 11.3 Å². The summed E-state index contributed by atoms with van der Waals surface area (Å²) in [6.45, 7) is 0. The Labute approximate surface area is 118 Å². The second-order valence-corrected chi connectivity index (χ2v) is 6.51. The zero-order valence-electron chi connectivity index (χ0n) is 9.86. The smallest absolute Gasteiger partial charge is 0.269 e. The maximum atomic E-state index is 6.39. The van der Waals surface area contributed by atoms with Crippen molar-refractivity contribution in [3.05, 3.63) is 21.7 Å². The summed E-state index contributed by atoms with van der Waals surface area (Å²) in [5.74, 6) is 1.21. The third-order valence-electron chi connectivity index (χ3n) is 3.43. The van der Waals surface area contributed by atoms with Crippen LogP contribution in [0.25, 0.3) is 10.8 Å². The van der Waals surface area contributed by atoms with E-state index in [-0.39, 0.29) is 0 Å².